The molecule has 0 spiro atoms. The number of rotatable bonds is 4. The van der Waals surface area contributed by atoms with E-state index in [2.05, 4.69) is 0 Å². The van der Waals surface area contributed by atoms with Crippen LogP contribution in [-0.4, -0.2) is 11.7 Å². The van der Waals surface area contributed by atoms with E-state index in [1.807, 2.05) is 42.5 Å². The van der Waals surface area contributed by atoms with Crippen molar-refractivity contribution in [1.29, 1.82) is 0 Å². The van der Waals surface area contributed by atoms with Crippen molar-refractivity contribution in [3.05, 3.63) is 54.5 Å². The highest BCUT2D eigenvalue weighted by Crippen LogP contribution is 2.34. The number of furan rings is 1. The van der Waals surface area contributed by atoms with Crippen LogP contribution in [0.15, 0.2) is 58.0 Å². The predicted octanol–water partition coefficient (Wildman–Crippen LogP) is 3.11. The first kappa shape index (κ1) is 10.3. The van der Waals surface area contributed by atoms with Crippen molar-refractivity contribution >= 4 is 11.8 Å². The molecule has 0 radical (unpaired) electrons. The summed E-state index contributed by atoms with van der Waals surface area (Å²) in [6.45, 7) is 0.0765. The van der Waals surface area contributed by atoms with E-state index in [9.17, 15) is 5.11 Å². The molecule has 0 unspecified atom stereocenters. The Balaban J connectivity index is 2.10. The summed E-state index contributed by atoms with van der Waals surface area (Å²) in [5.74, 6) is 0.811. The summed E-state index contributed by atoms with van der Waals surface area (Å²) in [5, 5.41) is 9.25. The zero-order chi connectivity index (χ0) is 10.5. The zero-order valence-corrected chi connectivity index (χ0v) is 8.98. The molecular formula is C12H12O2S. The van der Waals surface area contributed by atoms with Crippen LogP contribution in [0.2, 0.25) is 0 Å². The molecule has 0 amide bonds. The molecule has 78 valence electrons. The summed E-state index contributed by atoms with van der Waals surface area (Å²) in [5.41, 5.74) is 0. The zero-order valence-electron chi connectivity index (χ0n) is 8.17. The lowest BCUT2D eigenvalue weighted by atomic mass is 10.3. The molecule has 1 heterocycles. The second kappa shape index (κ2) is 5.05. The van der Waals surface area contributed by atoms with E-state index >= 15 is 0 Å². The second-order valence-electron chi connectivity index (χ2n) is 3.12. The number of aliphatic hydroxyl groups excluding tert-OH is 1. The average Bonchev–Trinajstić information content (AvgIpc) is 2.81. The van der Waals surface area contributed by atoms with Gasteiger partial charge in [-0.3, -0.25) is 0 Å². The highest BCUT2D eigenvalue weighted by molar-refractivity contribution is 7.99. The molecule has 1 aromatic carbocycles. The molecule has 3 heteroatoms. The van der Waals surface area contributed by atoms with Crippen LogP contribution in [-0.2, 0) is 0 Å². The van der Waals surface area contributed by atoms with E-state index in [-0.39, 0.29) is 11.9 Å². The summed E-state index contributed by atoms with van der Waals surface area (Å²) in [7, 11) is 0. The molecule has 2 rings (SSSR count). The minimum absolute atomic E-state index is 0.0256. The Morgan fingerprint density at radius 3 is 2.53 bits per heavy atom. The molecule has 1 aromatic heterocycles. The summed E-state index contributed by atoms with van der Waals surface area (Å²) in [6, 6.07) is 13.7. The number of aliphatic hydroxyl groups is 1. The number of thioether (sulfide) groups is 1. The van der Waals surface area contributed by atoms with E-state index in [1.54, 1.807) is 18.0 Å². The van der Waals surface area contributed by atoms with Crippen molar-refractivity contribution in [3.8, 4) is 0 Å². The van der Waals surface area contributed by atoms with Crippen LogP contribution in [0, 0.1) is 0 Å². The monoisotopic (exact) mass is 220 g/mol. The maximum absolute atomic E-state index is 9.28. The SMILES string of the molecule is OC[C@@H](Sc1ccccc1)c1ccco1. The Hall–Kier alpha value is -1.19. The van der Waals surface area contributed by atoms with E-state index in [4.69, 9.17) is 4.42 Å². The molecule has 1 N–H and O–H groups in total. The maximum Gasteiger partial charge on any atom is 0.119 e. The fourth-order valence-corrected chi connectivity index (χ4v) is 2.29. The van der Waals surface area contributed by atoms with Gasteiger partial charge in [0.05, 0.1) is 18.1 Å². The van der Waals surface area contributed by atoms with Crippen molar-refractivity contribution in [2.45, 2.75) is 10.1 Å². The third kappa shape index (κ3) is 2.64. The van der Waals surface area contributed by atoms with E-state index in [0.29, 0.717) is 0 Å². The lowest BCUT2D eigenvalue weighted by Gasteiger charge is -2.10. The Morgan fingerprint density at radius 1 is 1.13 bits per heavy atom. The van der Waals surface area contributed by atoms with Crippen molar-refractivity contribution in [3.63, 3.8) is 0 Å². The topological polar surface area (TPSA) is 33.4 Å². The van der Waals surface area contributed by atoms with Gasteiger partial charge < -0.3 is 9.52 Å². The molecule has 0 saturated carbocycles. The van der Waals surface area contributed by atoms with E-state index < -0.39 is 0 Å². The summed E-state index contributed by atoms with van der Waals surface area (Å²) < 4.78 is 5.28. The van der Waals surface area contributed by atoms with Crippen LogP contribution in [0.3, 0.4) is 0 Å². The van der Waals surface area contributed by atoms with Gasteiger partial charge in [-0.15, -0.1) is 11.8 Å². The van der Waals surface area contributed by atoms with Gasteiger partial charge in [0.2, 0.25) is 0 Å². The summed E-state index contributed by atoms with van der Waals surface area (Å²) in [6.07, 6.45) is 1.63. The van der Waals surface area contributed by atoms with Crippen molar-refractivity contribution in [2.75, 3.05) is 6.61 Å². The Bertz CT molecular complexity index is 383. The second-order valence-corrected chi connectivity index (χ2v) is 4.39. The first-order valence-electron chi connectivity index (χ1n) is 4.76. The first-order valence-corrected chi connectivity index (χ1v) is 5.64. The molecule has 2 aromatic rings. The molecule has 0 aliphatic carbocycles. The summed E-state index contributed by atoms with van der Waals surface area (Å²) in [4.78, 5) is 1.13. The lowest BCUT2D eigenvalue weighted by molar-refractivity contribution is 0.284. The first-order chi connectivity index (χ1) is 7.40. The van der Waals surface area contributed by atoms with Gasteiger partial charge in [0, 0.05) is 4.90 Å². The minimum atomic E-state index is -0.0256. The average molecular weight is 220 g/mol. The predicted molar refractivity (Wildman–Crippen MR) is 60.8 cm³/mol. The largest absolute Gasteiger partial charge is 0.468 e. The minimum Gasteiger partial charge on any atom is -0.468 e. The Morgan fingerprint density at radius 2 is 1.93 bits per heavy atom. The molecule has 1 atom stereocenters. The smallest absolute Gasteiger partial charge is 0.119 e. The molecule has 0 saturated heterocycles. The van der Waals surface area contributed by atoms with Gasteiger partial charge in [-0.25, -0.2) is 0 Å². The van der Waals surface area contributed by atoms with Gasteiger partial charge in [-0.05, 0) is 24.3 Å². The van der Waals surface area contributed by atoms with Gasteiger partial charge in [-0.2, -0.15) is 0 Å². The molecule has 2 nitrogen and oxygen atoms in total. The number of hydrogen-bond acceptors (Lipinski definition) is 3. The molecule has 15 heavy (non-hydrogen) atoms. The van der Waals surface area contributed by atoms with Gasteiger partial charge in [0.25, 0.3) is 0 Å². The van der Waals surface area contributed by atoms with Crippen molar-refractivity contribution in [1.82, 2.24) is 0 Å². The fraction of sp³-hybridized carbons (Fsp3) is 0.167. The van der Waals surface area contributed by atoms with Crippen LogP contribution >= 0.6 is 11.8 Å². The van der Waals surface area contributed by atoms with Crippen LogP contribution < -0.4 is 0 Å². The highest BCUT2D eigenvalue weighted by Gasteiger charge is 2.14. The fourth-order valence-electron chi connectivity index (χ4n) is 1.32. The quantitative estimate of drug-likeness (QED) is 0.804. The normalized spacial score (nSPS) is 12.6. The molecule has 0 fully saturated rings. The van der Waals surface area contributed by atoms with Crippen molar-refractivity contribution < 1.29 is 9.52 Å². The Kier molecular flexibility index (Phi) is 3.48. The molecule has 0 aliphatic heterocycles. The molecule has 0 bridgehead atoms. The van der Waals surface area contributed by atoms with E-state index in [1.165, 1.54) is 0 Å². The lowest BCUT2D eigenvalue weighted by Crippen LogP contribution is -1.97. The number of hydrogen-bond donors (Lipinski definition) is 1. The van der Waals surface area contributed by atoms with E-state index in [0.717, 1.165) is 10.7 Å². The van der Waals surface area contributed by atoms with Crippen LogP contribution in [0.1, 0.15) is 11.0 Å². The molecular weight excluding hydrogens is 208 g/mol. The summed E-state index contributed by atoms with van der Waals surface area (Å²) >= 11 is 1.60. The van der Waals surface area contributed by atoms with Gasteiger partial charge in [-0.1, -0.05) is 18.2 Å². The van der Waals surface area contributed by atoms with Crippen molar-refractivity contribution in [2.24, 2.45) is 0 Å². The van der Waals surface area contributed by atoms with Crippen LogP contribution in [0.4, 0.5) is 0 Å². The standard InChI is InChI=1S/C12H12O2S/c13-9-12(11-7-4-8-14-11)15-10-5-2-1-3-6-10/h1-8,12-13H,9H2/t12-/m1/s1. The highest BCUT2D eigenvalue weighted by atomic mass is 32.2. The maximum atomic E-state index is 9.28. The van der Waals surface area contributed by atoms with Crippen LogP contribution in [0.25, 0.3) is 0 Å². The number of benzene rings is 1. The third-order valence-corrected chi connectivity index (χ3v) is 3.26. The van der Waals surface area contributed by atoms with Gasteiger partial charge >= 0.3 is 0 Å². The van der Waals surface area contributed by atoms with Gasteiger partial charge in [0.15, 0.2) is 0 Å². The third-order valence-electron chi connectivity index (χ3n) is 2.05. The van der Waals surface area contributed by atoms with Crippen LogP contribution in [0.5, 0.6) is 0 Å². The Labute approximate surface area is 92.9 Å². The van der Waals surface area contributed by atoms with Gasteiger partial charge in [0.1, 0.15) is 5.76 Å². The molecule has 0 aliphatic rings.